The van der Waals surface area contributed by atoms with Crippen molar-refractivity contribution in [2.45, 2.75) is 26.2 Å². The molecule has 1 aromatic heterocycles. The lowest BCUT2D eigenvalue weighted by Crippen LogP contribution is -2.08. The molecule has 1 aliphatic rings. The highest BCUT2D eigenvalue weighted by atomic mass is 32.1. The van der Waals surface area contributed by atoms with E-state index in [1.165, 1.54) is 15.3 Å². The van der Waals surface area contributed by atoms with Gasteiger partial charge in [0.05, 0.1) is 5.71 Å². The molecule has 12 heavy (non-hydrogen) atoms. The van der Waals surface area contributed by atoms with Crippen LogP contribution in [0.25, 0.3) is 0 Å². The van der Waals surface area contributed by atoms with E-state index in [0.29, 0.717) is 0 Å². The van der Waals surface area contributed by atoms with Gasteiger partial charge in [-0.15, -0.1) is 11.3 Å². The zero-order valence-electron chi connectivity index (χ0n) is 7.00. The summed E-state index contributed by atoms with van der Waals surface area (Å²) < 4.78 is 0. The summed E-state index contributed by atoms with van der Waals surface area (Å²) in [6, 6.07) is 2.12. The molecule has 0 saturated carbocycles. The first-order chi connectivity index (χ1) is 5.81. The quantitative estimate of drug-likeness (QED) is 0.484. The van der Waals surface area contributed by atoms with Gasteiger partial charge in [0.1, 0.15) is 0 Å². The maximum absolute atomic E-state index is 8.74. The molecular formula is C9H11NOS. The average molecular weight is 181 g/mol. The van der Waals surface area contributed by atoms with Crippen molar-refractivity contribution in [3.63, 3.8) is 0 Å². The maximum Gasteiger partial charge on any atom is 0.0879 e. The van der Waals surface area contributed by atoms with E-state index in [1.54, 1.807) is 0 Å². The fraction of sp³-hybridized carbons (Fsp3) is 0.444. The summed E-state index contributed by atoms with van der Waals surface area (Å²) in [6.07, 6.45) is 3.18. The molecule has 1 aromatic rings. The number of fused-ring (bicyclic) bond motifs is 1. The molecule has 2 nitrogen and oxygen atoms in total. The van der Waals surface area contributed by atoms with Gasteiger partial charge in [0, 0.05) is 15.3 Å². The molecule has 1 aliphatic carbocycles. The van der Waals surface area contributed by atoms with Gasteiger partial charge in [0.25, 0.3) is 0 Å². The third-order valence-corrected chi connectivity index (χ3v) is 3.29. The second kappa shape index (κ2) is 2.90. The van der Waals surface area contributed by atoms with Crippen molar-refractivity contribution in [3.8, 4) is 0 Å². The van der Waals surface area contributed by atoms with Crippen molar-refractivity contribution in [1.82, 2.24) is 0 Å². The Morgan fingerprint density at radius 3 is 3.08 bits per heavy atom. The van der Waals surface area contributed by atoms with Crippen molar-refractivity contribution in [1.29, 1.82) is 0 Å². The van der Waals surface area contributed by atoms with Crippen molar-refractivity contribution < 1.29 is 5.21 Å². The van der Waals surface area contributed by atoms with Crippen LogP contribution < -0.4 is 0 Å². The van der Waals surface area contributed by atoms with Gasteiger partial charge in [-0.1, -0.05) is 5.16 Å². The van der Waals surface area contributed by atoms with Gasteiger partial charge < -0.3 is 5.21 Å². The minimum atomic E-state index is 0.862. The molecule has 0 aromatic carbocycles. The molecule has 0 aliphatic heterocycles. The van der Waals surface area contributed by atoms with Crippen LogP contribution in [0, 0.1) is 6.92 Å². The minimum Gasteiger partial charge on any atom is -0.411 e. The number of hydrogen-bond acceptors (Lipinski definition) is 3. The standard InChI is InChI=1S/C9H11NOS/c1-6-5-7-8(10-11)3-2-4-9(7)12-6/h5,11H,2-4H2,1H3/b10-8-. The number of oxime groups is 1. The van der Waals surface area contributed by atoms with Crippen molar-refractivity contribution in [2.24, 2.45) is 5.16 Å². The summed E-state index contributed by atoms with van der Waals surface area (Å²) in [6.45, 7) is 2.10. The zero-order valence-corrected chi connectivity index (χ0v) is 7.82. The second-order valence-corrected chi connectivity index (χ2v) is 4.44. The molecule has 0 spiro atoms. The lowest BCUT2D eigenvalue weighted by atomic mass is 9.97. The lowest BCUT2D eigenvalue weighted by Gasteiger charge is -2.10. The first-order valence-corrected chi connectivity index (χ1v) is 4.93. The summed E-state index contributed by atoms with van der Waals surface area (Å²) in [7, 11) is 0. The fourth-order valence-corrected chi connectivity index (χ4v) is 2.75. The number of hydrogen-bond donors (Lipinski definition) is 1. The van der Waals surface area contributed by atoms with Gasteiger partial charge in [-0.3, -0.25) is 0 Å². The Kier molecular flexibility index (Phi) is 1.89. The van der Waals surface area contributed by atoms with Gasteiger partial charge in [-0.05, 0) is 32.3 Å². The van der Waals surface area contributed by atoms with Crippen molar-refractivity contribution >= 4 is 17.0 Å². The van der Waals surface area contributed by atoms with E-state index < -0.39 is 0 Å². The molecule has 3 heteroatoms. The monoisotopic (exact) mass is 181 g/mol. The first kappa shape index (κ1) is 7.80. The predicted molar refractivity (Wildman–Crippen MR) is 50.3 cm³/mol. The topological polar surface area (TPSA) is 32.6 Å². The highest BCUT2D eigenvalue weighted by Gasteiger charge is 2.17. The van der Waals surface area contributed by atoms with Gasteiger partial charge in [-0.25, -0.2) is 0 Å². The van der Waals surface area contributed by atoms with Crippen LogP contribution in [0.4, 0.5) is 0 Å². The van der Waals surface area contributed by atoms with E-state index in [0.717, 1.165) is 25.0 Å². The van der Waals surface area contributed by atoms with Crippen LogP contribution in [0.2, 0.25) is 0 Å². The van der Waals surface area contributed by atoms with E-state index in [-0.39, 0.29) is 0 Å². The third-order valence-electron chi connectivity index (χ3n) is 2.18. The number of aryl methyl sites for hydroxylation is 2. The highest BCUT2D eigenvalue weighted by molar-refractivity contribution is 7.12. The molecule has 0 amide bonds. The number of nitrogens with zero attached hydrogens (tertiary/aromatic N) is 1. The van der Waals surface area contributed by atoms with Crippen LogP contribution in [0.15, 0.2) is 11.2 Å². The Hall–Kier alpha value is -0.830. The van der Waals surface area contributed by atoms with Gasteiger partial charge in [-0.2, -0.15) is 0 Å². The summed E-state index contributed by atoms with van der Waals surface area (Å²) in [5, 5.41) is 12.1. The zero-order chi connectivity index (χ0) is 8.55. The van der Waals surface area contributed by atoms with Crippen LogP contribution >= 0.6 is 11.3 Å². The van der Waals surface area contributed by atoms with E-state index >= 15 is 0 Å². The first-order valence-electron chi connectivity index (χ1n) is 4.12. The highest BCUT2D eigenvalue weighted by Crippen LogP contribution is 2.29. The average Bonchev–Trinajstić information content (AvgIpc) is 2.44. The predicted octanol–water partition coefficient (Wildman–Crippen LogP) is 2.57. The SMILES string of the molecule is Cc1cc2c(s1)CCC/C2=N/O. The van der Waals surface area contributed by atoms with Crippen LogP contribution in [-0.4, -0.2) is 10.9 Å². The molecular weight excluding hydrogens is 170 g/mol. The van der Waals surface area contributed by atoms with E-state index in [1.807, 2.05) is 11.3 Å². The lowest BCUT2D eigenvalue weighted by molar-refractivity contribution is 0.317. The van der Waals surface area contributed by atoms with Gasteiger partial charge in [0.15, 0.2) is 0 Å². The van der Waals surface area contributed by atoms with Crippen molar-refractivity contribution in [2.75, 3.05) is 0 Å². The maximum atomic E-state index is 8.74. The number of thiophene rings is 1. The minimum absolute atomic E-state index is 0.862. The van der Waals surface area contributed by atoms with E-state index in [2.05, 4.69) is 18.1 Å². The smallest absolute Gasteiger partial charge is 0.0879 e. The van der Waals surface area contributed by atoms with Gasteiger partial charge >= 0.3 is 0 Å². The Labute approximate surface area is 75.5 Å². The molecule has 0 bridgehead atoms. The van der Waals surface area contributed by atoms with Crippen LogP contribution in [0.5, 0.6) is 0 Å². The molecule has 0 atom stereocenters. The van der Waals surface area contributed by atoms with Crippen LogP contribution in [-0.2, 0) is 6.42 Å². The molecule has 2 rings (SSSR count). The molecule has 64 valence electrons. The summed E-state index contributed by atoms with van der Waals surface area (Å²) in [5.74, 6) is 0. The largest absolute Gasteiger partial charge is 0.411 e. The van der Waals surface area contributed by atoms with E-state index in [4.69, 9.17) is 5.21 Å². The fourth-order valence-electron chi connectivity index (χ4n) is 1.65. The Bertz CT molecular complexity index is 327. The third kappa shape index (κ3) is 1.14. The molecule has 1 heterocycles. The summed E-state index contributed by atoms with van der Waals surface area (Å²) in [5.41, 5.74) is 2.03. The summed E-state index contributed by atoms with van der Waals surface area (Å²) in [4.78, 5) is 2.69. The normalized spacial score (nSPS) is 19.6. The second-order valence-electron chi connectivity index (χ2n) is 3.09. The molecule has 0 unspecified atom stereocenters. The van der Waals surface area contributed by atoms with Crippen LogP contribution in [0.3, 0.4) is 0 Å². The Balaban J connectivity index is 2.50. The van der Waals surface area contributed by atoms with E-state index in [9.17, 15) is 0 Å². The molecule has 0 saturated heterocycles. The van der Waals surface area contributed by atoms with Crippen molar-refractivity contribution in [3.05, 3.63) is 21.4 Å². The van der Waals surface area contributed by atoms with Gasteiger partial charge in [0.2, 0.25) is 0 Å². The number of rotatable bonds is 0. The molecule has 1 N–H and O–H groups in total. The Morgan fingerprint density at radius 2 is 2.33 bits per heavy atom. The summed E-state index contributed by atoms with van der Waals surface area (Å²) >= 11 is 1.82. The molecule has 0 fully saturated rings. The molecule has 0 radical (unpaired) electrons. The van der Waals surface area contributed by atoms with Crippen LogP contribution in [0.1, 0.15) is 28.2 Å². The Morgan fingerprint density at radius 1 is 1.50 bits per heavy atom.